The largest absolute Gasteiger partial charge is 0.307 e. The van der Waals surface area contributed by atoms with Crippen molar-refractivity contribution < 1.29 is 0 Å². The number of nitrogens with one attached hydrogen (secondary N) is 2. The Kier molecular flexibility index (Phi) is 4.08. The van der Waals surface area contributed by atoms with Gasteiger partial charge in [-0.25, -0.2) is 0 Å². The van der Waals surface area contributed by atoms with Crippen LogP contribution in [0.25, 0.3) is 5.57 Å². The molecular formula is C18H28N2. The lowest BCUT2D eigenvalue weighted by molar-refractivity contribution is 0.286. The fourth-order valence-corrected chi connectivity index (χ4v) is 2.02. The minimum absolute atomic E-state index is 0.124. The standard InChI is InChI=1S/C18H28N2/c1-13(2)17(4,5)19-11-15-7-9-16(10-8-15)14(3)18(6)12-20-18/h7-10,13,19-20H,3,11-12H2,1-2,4-6H3. The van der Waals surface area contributed by atoms with Gasteiger partial charge in [-0.05, 0) is 43.4 Å². The van der Waals surface area contributed by atoms with Crippen molar-refractivity contribution in [3.63, 3.8) is 0 Å². The lowest BCUT2D eigenvalue weighted by Crippen LogP contribution is -2.43. The lowest BCUT2D eigenvalue weighted by Gasteiger charge is -2.30. The van der Waals surface area contributed by atoms with Gasteiger partial charge in [0.05, 0.1) is 5.54 Å². The summed E-state index contributed by atoms with van der Waals surface area (Å²) in [7, 11) is 0. The van der Waals surface area contributed by atoms with Crippen molar-refractivity contribution in [3.05, 3.63) is 42.0 Å². The molecule has 0 spiro atoms. The molecular weight excluding hydrogens is 244 g/mol. The van der Waals surface area contributed by atoms with Crippen molar-refractivity contribution in [2.24, 2.45) is 5.92 Å². The van der Waals surface area contributed by atoms with Gasteiger partial charge in [0.15, 0.2) is 0 Å². The van der Waals surface area contributed by atoms with Crippen LogP contribution in [0.4, 0.5) is 0 Å². The van der Waals surface area contributed by atoms with Gasteiger partial charge in [-0.15, -0.1) is 0 Å². The highest BCUT2D eigenvalue weighted by atomic mass is 15.1. The Morgan fingerprint density at radius 1 is 1.35 bits per heavy atom. The molecule has 1 fully saturated rings. The molecule has 0 amide bonds. The highest BCUT2D eigenvalue weighted by molar-refractivity contribution is 5.74. The first-order valence-electron chi connectivity index (χ1n) is 7.53. The normalized spacial score (nSPS) is 22.1. The molecule has 2 N–H and O–H groups in total. The summed E-state index contributed by atoms with van der Waals surface area (Å²) in [6, 6.07) is 8.78. The maximum Gasteiger partial charge on any atom is 0.0533 e. The average Bonchev–Trinajstić information content (AvgIpc) is 3.15. The van der Waals surface area contributed by atoms with Crippen LogP contribution in [-0.2, 0) is 6.54 Å². The van der Waals surface area contributed by atoms with Crippen molar-refractivity contribution >= 4 is 5.57 Å². The van der Waals surface area contributed by atoms with E-state index < -0.39 is 0 Å². The molecule has 2 rings (SSSR count). The molecule has 1 saturated heterocycles. The molecule has 0 aromatic heterocycles. The van der Waals surface area contributed by atoms with Gasteiger partial charge in [-0.3, -0.25) is 0 Å². The monoisotopic (exact) mass is 272 g/mol. The van der Waals surface area contributed by atoms with E-state index in [-0.39, 0.29) is 11.1 Å². The molecule has 1 unspecified atom stereocenters. The van der Waals surface area contributed by atoms with Crippen LogP contribution < -0.4 is 10.6 Å². The first-order valence-corrected chi connectivity index (χ1v) is 7.53. The van der Waals surface area contributed by atoms with Gasteiger partial charge < -0.3 is 10.6 Å². The summed E-state index contributed by atoms with van der Waals surface area (Å²) in [5.41, 5.74) is 4.04. The van der Waals surface area contributed by atoms with E-state index in [2.05, 4.69) is 76.1 Å². The molecule has 1 atom stereocenters. The topological polar surface area (TPSA) is 34.0 Å². The van der Waals surface area contributed by atoms with E-state index >= 15 is 0 Å². The van der Waals surface area contributed by atoms with E-state index in [9.17, 15) is 0 Å². The van der Waals surface area contributed by atoms with Crippen molar-refractivity contribution in [1.82, 2.24) is 10.6 Å². The second kappa shape index (κ2) is 5.34. The summed E-state index contributed by atoms with van der Waals surface area (Å²) in [5.74, 6) is 0.613. The van der Waals surface area contributed by atoms with Gasteiger partial charge in [0.2, 0.25) is 0 Å². The van der Waals surface area contributed by atoms with E-state index in [1.165, 1.54) is 16.7 Å². The van der Waals surface area contributed by atoms with Gasteiger partial charge in [0, 0.05) is 18.6 Å². The summed E-state index contributed by atoms with van der Waals surface area (Å²) < 4.78 is 0. The third-order valence-electron chi connectivity index (χ3n) is 4.87. The Balaban J connectivity index is 1.97. The molecule has 0 aliphatic carbocycles. The number of hydrogen-bond acceptors (Lipinski definition) is 2. The SMILES string of the molecule is C=C(c1ccc(CNC(C)(C)C(C)C)cc1)C1(C)CN1. The van der Waals surface area contributed by atoms with Crippen molar-refractivity contribution in [2.45, 2.75) is 52.2 Å². The molecule has 0 bridgehead atoms. The van der Waals surface area contributed by atoms with Crippen LogP contribution >= 0.6 is 0 Å². The molecule has 0 radical (unpaired) electrons. The van der Waals surface area contributed by atoms with Crippen LogP contribution in [0.3, 0.4) is 0 Å². The minimum Gasteiger partial charge on any atom is -0.307 e. The molecule has 20 heavy (non-hydrogen) atoms. The second-order valence-electron chi connectivity index (χ2n) is 7.09. The zero-order valence-corrected chi connectivity index (χ0v) is 13.5. The summed E-state index contributed by atoms with van der Waals surface area (Å²) in [6.45, 7) is 17.4. The van der Waals surface area contributed by atoms with Gasteiger partial charge in [0.25, 0.3) is 0 Å². The fraction of sp³-hybridized carbons (Fsp3) is 0.556. The van der Waals surface area contributed by atoms with Crippen LogP contribution in [0.15, 0.2) is 30.8 Å². The summed E-state index contributed by atoms with van der Waals surface area (Å²) in [6.07, 6.45) is 0. The van der Waals surface area contributed by atoms with Crippen molar-refractivity contribution in [3.8, 4) is 0 Å². The van der Waals surface area contributed by atoms with E-state index in [4.69, 9.17) is 0 Å². The first-order chi connectivity index (χ1) is 9.24. The average molecular weight is 272 g/mol. The number of rotatable bonds is 6. The zero-order valence-electron chi connectivity index (χ0n) is 13.5. The van der Waals surface area contributed by atoms with E-state index in [1.54, 1.807) is 0 Å². The third kappa shape index (κ3) is 3.31. The summed E-state index contributed by atoms with van der Waals surface area (Å²) >= 11 is 0. The van der Waals surface area contributed by atoms with E-state index in [1.807, 2.05) is 0 Å². The zero-order chi connectivity index (χ0) is 15.0. The van der Waals surface area contributed by atoms with Crippen LogP contribution in [0, 0.1) is 5.92 Å². The minimum atomic E-state index is 0.124. The summed E-state index contributed by atoms with van der Waals surface area (Å²) in [5, 5.41) is 7.00. The predicted molar refractivity (Wildman–Crippen MR) is 87.6 cm³/mol. The Morgan fingerprint density at radius 3 is 2.35 bits per heavy atom. The molecule has 2 nitrogen and oxygen atoms in total. The maximum atomic E-state index is 4.22. The Labute approximate surface area is 123 Å². The number of benzene rings is 1. The van der Waals surface area contributed by atoms with Gasteiger partial charge in [-0.1, -0.05) is 44.7 Å². The Morgan fingerprint density at radius 2 is 1.90 bits per heavy atom. The lowest BCUT2D eigenvalue weighted by atomic mass is 9.90. The third-order valence-corrected chi connectivity index (χ3v) is 4.87. The highest BCUT2D eigenvalue weighted by Gasteiger charge is 2.39. The van der Waals surface area contributed by atoms with E-state index in [0.29, 0.717) is 5.92 Å². The maximum absolute atomic E-state index is 4.22. The molecule has 2 heteroatoms. The van der Waals surface area contributed by atoms with E-state index in [0.717, 1.165) is 13.1 Å². The van der Waals surface area contributed by atoms with Crippen LogP contribution in [0.5, 0.6) is 0 Å². The Bertz CT molecular complexity index is 479. The quantitative estimate of drug-likeness (QED) is 0.776. The molecule has 110 valence electrons. The second-order valence-corrected chi connectivity index (χ2v) is 7.09. The smallest absolute Gasteiger partial charge is 0.0533 e. The molecule has 1 aliphatic rings. The number of hydrogen-bond donors (Lipinski definition) is 2. The van der Waals surface area contributed by atoms with Gasteiger partial charge in [-0.2, -0.15) is 0 Å². The fourth-order valence-electron chi connectivity index (χ4n) is 2.02. The molecule has 0 saturated carbocycles. The molecule has 1 aromatic rings. The van der Waals surface area contributed by atoms with Crippen molar-refractivity contribution in [1.29, 1.82) is 0 Å². The van der Waals surface area contributed by atoms with Crippen LogP contribution in [-0.4, -0.2) is 17.6 Å². The van der Waals surface area contributed by atoms with Gasteiger partial charge in [0.1, 0.15) is 0 Å². The predicted octanol–water partition coefficient (Wildman–Crippen LogP) is 3.59. The Hall–Kier alpha value is -1.12. The van der Waals surface area contributed by atoms with Crippen molar-refractivity contribution in [2.75, 3.05) is 6.54 Å². The first kappa shape index (κ1) is 15.3. The molecule has 1 aromatic carbocycles. The van der Waals surface area contributed by atoms with Gasteiger partial charge >= 0.3 is 0 Å². The molecule has 1 aliphatic heterocycles. The highest BCUT2D eigenvalue weighted by Crippen LogP contribution is 2.32. The van der Waals surface area contributed by atoms with Crippen LogP contribution in [0.1, 0.15) is 45.7 Å². The van der Waals surface area contributed by atoms with Crippen LogP contribution in [0.2, 0.25) is 0 Å². The summed E-state index contributed by atoms with van der Waals surface area (Å²) in [4.78, 5) is 0. The molecule has 1 heterocycles.